The number of hydrogen-bond donors (Lipinski definition) is 1. The summed E-state index contributed by atoms with van der Waals surface area (Å²) in [4.78, 5) is 12.8. The Balaban J connectivity index is 1.89. The first-order valence-electron chi connectivity index (χ1n) is 10.7. The highest BCUT2D eigenvalue weighted by Crippen LogP contribution is 2.28. The number of anilines is 1. The van der Waals surface area contributed by atoms with Gasteiger partial charge in [-0.2, -0.15) is 5.26 Å². The summed E-state index contributed by atoms with van der Waals surface area (Å²) < 4.78 is 11.4. The first-order chi connectivity index (χ1) is 15.8. The summed E-state index contributed by atoms with van der Waals surface area (Å²) in [5.74, 6) is 0.684. The Kier molecular flexibility index (Phi) is 7.53. The van der Waals surface area contributed by atoms with E-state index in [0.29, 0.717) is 29.4 Å². The fourth-order valence-corrected chi connectivity index (χ4v) is 3.56. The zero-order valence-corrected chi connectivity index (χ0v) is 19.7. The Morgan fingerprint density at radius 1 is 0.970 bits per heavy atom. The van der Waals surface area contributed by atoms with E-state index in [9.17, 15) is 10.1 Å². The summed E-state index contributed by atoms with van der Waals surface area (Å²) in [5, 5.41) is 12.5. The predicted molar refractivity (Wildman–Crippen MR) is 131 cm³/mol. The topological polar surface area (TPSA) is 71.3 Å². The Hall–Kier alpha value is -4.04. The van der Waals surface area contributed by atoms with Gasteiger partial charge in [-0.05, 0) is 68.7 Å². The number of benzene rings is 3. The Morgan fingerprint density at radius 3 is 2.36 bits per heavy atom. The minimum absolute atomic E-state index is 0.0164. The molecule has 1 amide bonds. The van der Waals surface area contributed by atoms with Crippen LogP contribution in [0, 0.1) is 39.0 Å². The third-order valence-electron chi connectivity index (χ3n) is 5.20. The Labute approximate surface area is 195 Å². The van der Waals surface area contributed by atoms with E-state index in [1.807, 2.05) is 52.0 Å². The highest BCUT2D eigenvalue weighted by atomic mass is 16.5. The second kappa shape index (κ2) is 10.5. The summed E-state index contributed by atoms with van der Waals surface area (Å²) in [6.45, 7) is 8.31. The van der Waals surface area contributed by atoms with Crippen LogP contribution in [0.5, 0.6) is 11.5 Å². The van der Waals surface area contributed by atoms with Gasteiger partial charge in [0.05, 0.1) is 7.11 Å². The Morgan fingerprint density at radius 2 is 1.70 bits per heavy atom. The number of carbonyl (C=O) groups excluding carboxylic acids is 1. The van der Waals surface area contributed by atoms with Gasteiger partial charge in [0, 0.05) is 17.3 Å². The number of carbonyl (C=O) groups is 1. The first kappa shape index (κ1) is 23.6. The van der Waals surface area contributed by atoms with E-state index >= 15 is 0 Å². The standard InChI is InChI=1S/C28H28N2O3/c1-18-6-7-21(4)26(13-18)30-28(31)24(16-29)14-23-8-9-25(32-5)15-27(23)33-17-22-11-19(2)10-20(3)12-22/h6-15H,17H2,1-5H3,(H,30,31)/b24-14+. The van der Waals surface area contributed by atoms with Gasteiger partial charge in [0.2, 0.25) is 0 Å². The molecule has 0 saturated heterocycles. The molecule has 0 aliphatic rings. The van der Waals surface area contributed by atoms with Gasteiger partial charge in [0.15, 0.2) is 0 Å². The largest absolute Gasteiger partial charge is 0.497 e. The maximum atomic E-state index is 12.8. The van der Waals surface area contributed by atoms with Gasteiger partial charge in [-0.15, -0.1) is 0 Å². The van der Waals surface area contributed by atoms with Crippen LogP contribution in [0.25, 0.3) is 6.08 Å². The maximum absolute atomic E-state index is 12.8. The Bertz CT molecular complexity index is 1230. The average Bonchev–Trinajstić information content (AvgIpc) is 2.78. The van der Waals surface area contributed by atoms with Crippen molar-refractivity contribution in [2.75, 3.05) is 12.4 Å². The summed E-state index contributed by atoms with van der Waals surface area (Å²) >= 11 is 0. The third-order valence-corrected chi connectivity index (χ3v) is 5.20. The molecule has 0 bridgehead atoms. The molecule has 1 N–H and O–H groups in total. The van der Waals surface area contributed by atoms with Crippen molar-refractivity contribution in [3.05, 3.63) is 93.6 Å². The van der Waals surface area contributed by atoms with Crippen molar-refractivity contribution in [3.8, 4) is 17.6 Å². The van der Waals surface area contributed by atoms with Crippen molar-refractivity contribution in [1.29, 1.82) is 5.26 Å². The van der Waals surface area contributed by atoms with Crippen molar-refractivity contribution in [2.45, 2.75) is 34.3 Å². The van der Waals surface area contributed by atoms with E-state index in [-0.39, 0.29) is 5.57 Å². The molecule has 3 rings (SSSR count). The van der Waals surface area contributed by atoms with Crippen LogP contribution in [-0.2, 0) is 11.4 Å². The second-order valence-corrected chi connectivity index (χ2v) is 8.13. The number of aryl methyl sites for hydroxylation is 4. The summed E-state index contributed by atoms with van der Waals surface area (Å²) in [5.41, 5.74) is 6.60. The molecule has 0 aromatic heterocycles. The van der Waals surface area contributed by atoms with Crippen LogP contribution in [0.3, 0.4) is 0 Å². The molecule has 168 valence electrons. The normalized spacial score (nSPS) is 11.0. The van der Waals surface area contributed by atoms with Crippen LogP contribution in [0.2, 0.25) is 0 Å². The number of nitrogens with zero attached hydrogens (tertiary/aromatic N) is 1. The van der Waals surface area contributed by atoms with Crippen molar-refractivity contribution in [1.82, 2.24) is 0 Å². The van der Waals surface area contributed by atoms with E-state index < -0.39 is 5.91 Å². The van der Waals surface area contributed by atoms with Gasteiger partial charge in [-0.1, -0.05) is 41.5 Å². The molecule has 0 heterocycles. The fraction of sp³-hybridized carbons (Fsp3) is 0.214. The number of hydrogen-bond acceptors (Lipinski definition) is 4. The first-order valence-corrected chi connectivity index (χ1v) is 10.7. The summed E-state index contributed by atoms with van der Waals surface area (Å²) in [6, 6.07) is 19.4. The zero-order chi connectivity index (χ0) is 24.0. The molecular formula is C28H28N2O3. The molecule has 5 heteroatoms. The van der Waals surface area contributed by atoms with Gasteiger partial charge in [0.1, 0.15) is 29.7 Å². The lowest BCUT2D eigenvalue weighted by Gasteiger charge is -2.13. The lowest BCUT2D eigenvalue weighted by Crippen LogP contribution is -2.14. The van der Waals surface area contributed by atoms with Crippen molar-refractivity contribution < 1.29 is 14.3 Å². The highest BCUT2D eigenvalue weighted by molar-refractivity contribution is 6.10. The van der Waals surface area contributed by atoms with E-state index in [4.69, 9.17) is 9.47 Å². The molecule has 3 aromatic rings. The number of methoxy groups -OCH3 is 1. The number of rotatable bonds is 7. The fourth-order valence-electron chi connectivity index (χ4n) is 3.56. The van der Waals surface area contributed by atoms with Crippen LogP contribution < -0.4 is 14.8 Å². The maximum Gasteiger partial charge on any atom is 0.266 e. The number of nitriles is 1. The molecule has 3 aromatic carbocycles. The second-order valence-electron chi connectivity index (χ2n) is 8.13. The monoisotopic (exact) mass is 440 g/mol. The molecule has 0 spiro atoms. The smallest absolute Gasteiger partial charge is 0.266 e. The minimum atomic E-state index is -0.470. The molecule has 33 heavy (non-hydrogen) atoms. The zero-order valence-electron chi connectivity index (χ0n) is 19.7. The minimum Gasteiger partial charge on any atom is -0.497 e. The van der Waals surface area contributed by atoms with Crippen LogP contribution in [0.1, 0.15) is 33.4 Å². The van der Waals surface area contributed by atoms with Gasteiger partial charge < -0.3 is 14.8 Å². The lowest BCUT2D eigenvalue weighted by atomic mass is 10.1. The van der Waals surface area contributed by atoms with Crippen LogP contribution in [0.4, 0.5) is 5.69 Å². The molecule has 0 unspecified atom stereocenters. The summed E-state index contributed by atoms with van der Waals surface area (Å²) in [7, 11) is 1.58. The number of ether oxygens (including phenoxy) is 2. The van der Waals surface area contributed by atoms with Gasteiger partial charge in [-0.3, -0.25) is 4.79 Å². The van der Waals surface area contributed by atoms with Crippen molar-refractivity contribution in [2.24, 2.45) is 0 Å². The molecule has 5 nitrogen and oxygen atoms in total. The third kappa shape index (κ3) is 6.24. The highest BCUT2D eigenvalue weighted by Gasteiger charge is 2.14. The van der Waals surface area contributed by atoms with Crippen molar-refractivity contribution >= 4 is 17.7 Å². The molecule has 0 atom stereocenters. The molecular weight excluding hydrogens is 412 g/mol. The van der Waals surface area contributed by atoms with E-state index in [1.54, 1.807) is 25.3 Å². The lowest BCUT2D eigenvalue weighted by molar-refractivity contribution is -0.112. The van der Waals surface area contributed by atoms with Crippen LogP contribution >= 0.6 is 0 Å². The quantitative estimate of drug-likeness (QED) is 0.358. The van der Waals surface area contributed by atoms with Crippen molar-refractivity contribution in [3.63, 3.8) is 0 Å². The molecule has 0 aliphatic heterocycles. The predicted octanol–water partition coefficient (Wildman–Crippen LogP) is 6.05. The number of amides is 1. The van der Waals surface area contributed by atoms with E-state index in [0.717, 1.165) is 27.8 Å². The van der Waals surface area contributed by atoms with Gasteiger partial charge in [0.25, 0.3) is 5.91 Å². The molecule has 0 radical (unpaired) electrons. The molecule has 0 aliphatic carbocycles. The van der Waals surface area contributed by atoms with E-state index in [1.165, 1.54) is 6.08 Å². The van der Waals surface area contributed by atoms with Gasteiger partial charge >= 0.3 is 0 Å². The van der Waals surface area contributed by atoms with E-state index in [2.05, 4.69) is 23.5 Å². The average molecular weight is 441 g/mol. The van der Waals surface area contributed by atoms with Crippen LogP contribution in [0.15, 0.2) is 60.2 Å². The molecule has 0 saturated carbocycles. The SMILES string of the molecule is COc1ccc(/C=C(\C#N)C(=O)Nc2cc(C)ccc2C)c(OCc2cc(C)cc(C)c2)c1. The van der Waals surface area contributed by atoms with Gasteiger partial charge in [-0.25, -0.2) is 0 Å². The molecule has 0 fully saturated rings. The van der Waals surface area contributed by atoms with Crippen LogP contribution in [-0.4, -0.2) is 13.0 Å². The number of nitrogens with one attached hydrogen (secondary N) is 1. The summed E-state index contributed by atoms with van der Waals surface area (Å²) in [6.07, 6.45) is 1.54.